The second kappa shape index (κ2) is 8.31. The van der Waals surface area contributed by atoms with Crippen LogP contribution in [0.1, 0.15) is 11.6 Å². The van der Waals surface area contributed by atoms with E-state index in [0.717, 1.165) is 5.56 Å². The summed E-state index contributed by atoms with van der Waals surface area (Å²) in [4.78, 5) is 27.1. The summed E-state index contributed by atoms with van der Waals surface area (Å²) in [6.07, 6.45) is 0. The van der Waals surface area contributed by atoms with Crippen LogP contribution in [0.4, 0.5) is 16.2 Å². The van der Waals surface area contributed by atoms with E-state index in [0.29, 0.717) is 16.4 Å². The minimum Gasteiger partial charge on any atom is -0.507 e. The van der Waals surface area contributed by atoms with Crippen LogP contribution >= 0.6 is 11.6 Å². The van der Waals surface area contributed by atoms with Gasteiger partial charge in [0, 0.05) is 16.4 Å². The van der Waals surface area contributed by atoms with Crippen LogP contribution in [0.25, 0.3) is 0 Å². The molecular weight excluding hydrogens is 402 g/mol. The highest BCUT2D eigenvalue weighted by molar-refractivity contribution is 6.30. The number of anilines is 2. The van der Waals surface area contributed by atoms with Gasteiger partial charge in [-0.25, -0.2) is 4.79 Å². The molecule has 30 heavy (non-hydrogen) atoms. The molecule has 4 rings (SSSR count). The first-order valence-electron chi connectivity index (χ1n) is 9.25. The second-order valence-electron chi connectivity index (χ2n) is 6.67. The highest BCUT2D eigenvalue weighted by Gasteiger charge is 2.42. The van der Waals surface area contributed by atoms with E-state index in [1.807, 2.05) is 36.4 Å². The van der Waals surface area contributed by atoms with Crippen LogP contribution in [0.5, 0.6) is 0 Å². The number of halogens is 1. The number of amides is 3. The Kier molecular flexibility index (Phi) is 5.41. The van der Waals surface area contributed by atoms with Crippen LogP contribution in [0.15, 0.2) is 96.4 Å². The van der Waals surface area contributed by atoms with Crippen LogP contribution in [-0.4, -0.2) is 17.0 Å². The van der Waals surface area contributed by atoms with Gasteiger partial charge in [0.05, 0.1) is 0 Å². The van der Waals surface area contributed by atoms with Crippen molar-refractivity contribution in [2.24, 2.45) is 0 Å². The van der Waals surface area contributed by atoms with Crippen molar-refractivity contribution in [2.45, 2.75) is 6.04 Å². The van der Waals surface area contributed by atoms with Gasteiger partial charge in [0.2, 0.25) is 0 Å². The monoisotopic (exact) mass is 419 g/mol. The molecule has 0 saturated heterocycles. The Morgan fingerprint density at radius 1 is 0.867 bits per heavy atom. The third-order valence-corrected chi connectivity index (χ3v) is 4.95. The number of hydrogen-bond acceptors (Lipinski definition) is 3. The van der Waals surface area contributed by atoms with Crippen LogP contribution in [0.2, 0.25) is 5.02 Å². The third kappa shape index (κ3) is 3.86. The lowest BCUT2D eigenvalue weighted by Gasteiger charge is -2.25. The zero-order chi connectivity index (χ0) is 21.1. The number of nitrogens with one attached hydrogen (secondary N) is 2. The molecule has 3 N–H and O–H groups in total. The van der Waals surface area contributed by atoms with Crippen molar-refractivity contribution in [3.8, 4) is 0 Å². The Balaban J connectivity index is 1.64. The number of nitrogens with zero attached hydrogens (tertiary/aromatic N) is 1. The number of para-hydroxylation sites is 1. The van der Waals surface area contributed by atoms with Gasteiger partial charge in [-0.15, -0.1) is 0 Å². The molecule has 6 nitrogen and oxygen atoms in total. The molecule has 0 aromatic heterocycles. The quantitative estimate of drug-likeness (QED) is 0.555. The highest BCUT2D eigenvalue weighted by Crippen LogP contribution is 2.39. The molecule has 1 aliphatic rings. The van der Waals surface area contributed by atoms with Crippen molar-refractivity contribution in [3.63, 3.8) is 0 Å². The fourth-order valence-corrected chi connectivity index (χ4v) is 3.46. The Hall–Kier alpha value is -3.77. The minimum absolute atomic E-state index is 0.167. The van der Waals surface area contributed by atoms with Gasteiger partial charge in [0.25, 0.3) is 5.91 Å². The summed E-state index contributed by atoms with van der Waals surface area (Å²) in [5.41, 5.74) is 1.67. The summed E-state index contributed by atoms with van der Waals surface area (Å²) in [5, 5.41) is 16.6. The van der Waals surface area contributed by atoms with Crippen LogP contribution in [0.3, 0.4) is 0 Å². The van der Waals surface area contributed by atoms with Crippen molar-refractivity contribution >= 4 is 34.9 Å². The number of aliphatic hydroxyl groups excluding tert-OH is 1. The lowest BCUT2D eigenvalue weighted by atomic mass is 10.0. The van der Waals surface area contributed by atoms with E-state index in [2.05, 4.69) is 10.6 Å². The molecule has 3 aromatic rings. The predicted molar refractivity (Wildman–Crippen MR) is 116 cm³/mol. The van der Waals surface area contributed by atoms with Gasteiger partial charge in [-0.1, -0.05) is 60.1 Å². The number of urea groups is 1. The average molecular weight is 420 g/mol. The summed E-state index contributed by atoms with van der Waals surface area (Å²) in [5.74, 6) is -0.722. The lowest BCUT2D eigenvalue weighted by molar-refractivity contribution is -0.115. The molecule has 1 atom stereocenters. The zero-order valence-corrected chi connectivity index (χ0v) is 16.5. The van der Waals surface area contributed by atoms with E-state index in [1.54, 1.807) is 48.5 Å². The van der Waals surface area contributed by atoms with Gasteiger partial charge in [0.15, 0.2) is 0 Å². The molecule has 0 bridgehead atoms. The number of carbonyl (C=O) groups is 2. The Bertz CT molecular complexity index is 1100. The van der Waals surface area contributed by atoms with Gasteiger partial charge in [-0.3, -0.25) is 15.0 Å². The maximum absolute atomic E-state index is 13.2. The summed E-state index contributed by atoms with van der Waals surface area (Å²) in [7, 11) is 0. The maximum atomic E-state index is 13.2. The third-order valence-electron chi connectivity index (χ3n) is 4.70. The van der Waals surface area contributed by atoms with E-state index in [-0.39, 0.29) is 11.5 Å². The molecule has 0 saturated carbocycles. The van der Waals surface area contributed by atoms with E-state index in [9.17, 15) is 14.7 Å². The van der Waals surface area contributed by atoms with E-state index >= 15 is 0 Å². The molecule has 0 radical (unpaired) electrons. The summed E-state index contributed by atoms with van der Waals surface area (Å²) >= 11 is 5.85. The predicted octanol–water partition coefficient (Wildman–Crippen LogP) is 5.02. The van der Waals surface area contributed by atoms with Gasteiger partial charge in [-0.2, -0.15) is 0 Å². The molecule has 0 aliphatic carbocycles. The van der Waals surface area contributed by atoms with Crippen LogP contribution < -0.4 is 15.5 Å². The van der Waals surface area contributed by atoms with Crippen molar-refractivity contribution in [1.82, 2.24) is 5.32 Å². The maximum Gasteiger partial charge on any atom is 0.323 e. The molecule has 1 aliphatic heterocycles. The summed E-state index contributed by atoms with van der Waals surface area (Å²) in [6.45, 7) is 0. The fraction of sp³-hybridized carbons (Fsp3) is 0.0435. The van der Waals surface area contributed by atoms with E-state index < -0.39 is 18.0 Å². The Morgan fingerprint density at radius 3 is 2.10 bits per heavy atom. The first-order chi connectivity index (χ1) is 14.5. The standard InChI is InChI=1S/C23H18ClN3O3/c24-16-11-13-17(14-12-16)25-23(30)26-19-21(28)20(15-7-3-1-4-8-15)27(22(19)29)18-9-5-2-6-10-18/h1-14,20,28H,(H2,25,26,30). The second-order valence-corrected chi connectivity index (χ2v) is 7.11. The molecule has 3 amide bonds. The lowest BCUT2D eigenvalue weighted by Crippen LogP contribution is -2.36. The summed E-state index contributed by atoms with van der Waals surface area (Å²) < 4.78 is 0. The van der Waals surface area contributed by atoms with Crippen molar-refractivity contribution in [1.29, 1.82) is 0 Å². The van der Waals surface area contributed by atoms with Crippen LogP contribution in [0, 0.1) is 0 Å². The average Bonchev–Trinajstić information content (AvgIpc) is 3.01. The van der Waals surface area contributed by atoms with Gasteiger partial charge in [-0.05, 0) is 42.0 Å². The number of carbonyl (C=O) groups excluding carboxylic acids is 2. The van der Waals surface area contributed by atoms with Gasteiger partial charge in [0.1, 0.15) is 17.5 Å². The SMILES string of the molecule is O=C(NC1=C(O)C(c2ccccc2)N(c2ccccc2)C1=O)Nc1ccc(Cl)cc1. The first kappa shape index (κ1) is 19.5. The largest absolute Gasteiger partial charge is 0.507 e. The molecule has 1 heterocycles. The molecule has 3 aromatic carbocycles. The minimum atomic E-state index is -0.744. The van der Waals surface area contributed by atoms with E-state index in [1.165, 1.54) is 4.90 Å². The van der Waals surface area contributed by atoms with Crippen molar-refractivity contribution in [2.75, 3.05) is 10.2 Å². The normalized spacial score (nSPS) is 16.0. The zero-order valence-electron chi connectivity index (χ0n) is 15.7. The Labute approximate surface area is 178 Å². The molecule has 7 heteroatoms. The van der Waals surface area contributed by atoms with E-state index in [4.69, 9.17) is 11.6 Å². The number of aliphatic hydroxyl groups is 1. The van der Waals surface area contributed by atoms with Crippen molar-refractivity contribution in [3.05, 3.63) is 107 Å². The number of benzene rings is 3. The van der Waals surface area contributed by atoms with Crippen LogP contribution in [-0.2, 0) is 4.79 Å². The smallest absolute Gasteiger partial charge is 0.323 e. The highest BCUT2D eigenvalue weighted by atomic mass is 35.5. The van der Waals surface area contributed by atoms with Gasteiger partial charge >= 0.3 is 6.03 Å². The Morgan fingerprint density at radius 2 is 1.47 bits per heavy atom. The molecule has 1 unspecified atom stereocenters. The number of hydrogen-bond donors (Lipinski definition) is 3. The number of rotatable bonds is 4. The molecule has 0 fully saturated rings. The fourth-order valence-electron chi connectivity index (χ4n) is 3.33. The molecule has 0 spiro atoms. The summed E-state index contributed by atoms with van der Waals surface area (Å²) in [6, 6.07) is 23.3. The molecular formula is C23H18ClN3O3. The van der Waals surface area contributed by atoms with Gasteiger partial charge < -0.3 is 10.4 Å². The topological polar surface area (TPSA) is 81.7 Å². The molecule has 150 valence electrons. The van der Waals surface area contributed by atoms with Crippen molar-refractivity contribution < 1.29 is 14.7 Å². The first-order valence-corrected chi connectivity index (χ1v) is 9.62.